The van der Waals surface area contributed by atoms with Gasteiger partial charge in [0.15, 0.2) is 0 Å². The number of carboxylic acid groups (broad SMARTS) is 1. The second-order valence-corrected chi connectivity index (χ2v) is 4.53. The smallest absolute Gasteiger partial charge is 0.303 e. The van der Waals surface area contributed by atoms with E-state index in [0.29, 0.717) is 18.5 Å². The van der Waals surface area contributed by atoms with Gasteiger partial charge in [0.2, 0.25) is 0 Å². The third-order valence-electron chi connectivity index (χ3n) is 3.05. The quantitative estimate of drug-likeness (QED) is 0.583. The largest absolute Gasteiger partial charge is 0.481 e. The van der Waals surface area contributed by atoms with Gasteiger partial charge >= 0.3 is 5.97 Å². The zero-order valence-corrected chi connectivity index (χ0v) is 11.0. The van der Waals surface area contributed by atoms with Crippen LogP contribution in [-0.4, -0.2) is 22.0 Å². The Balaban J connectivity index is 2.60. The fraction of sp³-hybridized carbons (Fsp3) is 0.462. The van der Waals surface area contributed by atoms with Crippen molar-refractivity contribution in [2.75, 3.05) is 0 Å². The molecule has 1 rings (SSSR count). The Bertz CT molecular complexity index is 474. The van der Waals surface area contributed by atoms with Crippen LogP contribution in [0.25, 0.3) is 0 Å². The average molecular weight is 266 g/mol. The van der Waals surface area contributed by atoms with Crippen LogP contribution >= 0.6 is 0 Å². The van der Waals surface area contributed by atoms with Crippen LogP contribution in [0.1, 0.15) is 30.9 Å². The van der Waals surface area contributed by atoms with Gasteiger partial charge in [0.25, 0.3) is 5.69 Å². The summed E-state index contributed by atoms with van der Waals surface area (Å²) in [6, 6.07) is 5.02. The van der Waals surface area contributed by atoms with Crippen LogP contribution in [0.2, 0.25) is 0 Å². The van der Waals surface area contributed by atoms with Gasteiger partial charge in [0, 0.05) is 30.6 Å². The van der Waals surface area contributed by atoms with Crippen molar-refractivity contribution in [1.82, 2.24) is 5.32 Å². The third-order valence-corrected chi connectivity index (χ3v) is 3.05. The van der Waals surface area contributed by atoms with E-state index in [0.717, 1.165) is 5.56 Å². The molecule has 6 heteroatoms. The zero-order valence-electron chi connectivity index (χ0n) is 11.0. The highest BCUT2D eigenvalue weighted by Gasteiger charge is 2.13. The highest BCUT2D eigenvalue weighted by Crippen LogP contribution is 2.21. The molecule has 0 aliphatic heterocycles. The van der Waals surface area contributed by atoms with E-state index in [-0.39, 0.29) is 18.2 Å². The molecule has 0 spiro atoms. The first kappa shape index (κ1) is 15.1. The van der Waals surface area contributed by atoms with Crippen molar-refractivity contribution in [2.45, 2.75) is 39.3 Å². The SMILES string of the molecule is Cc1c(CNC(C)CCC(=O)O)cccc1[N+](=O)[O-]. The molecule has 1 aromatic carbocycles. The maximum Gasteiger partial charge on any atom is 0.303 e. The molecule has 6 nitrogen and oxygen atoms in total. The molecule has 0 amide bonds. The minimum absolute atomic E-state index is 0.0507. The van der Waals surface area contributed by atoms with Gasteiger partial charge in [-0.15, -0.1) is 0 Å². The maximum absolute atomic E-state index is 10.8. The third kappa shape index (κ3) is 4.67. The Morgan fingerprint density at radius 1 is 1.53 bits per heavy atom. The van der Waals surface area contributed by atoms with Gasteiger partial charge in [-0.05, 0) is 25.8 Å². The Hall–Kier alpha value is -1.95. The number of nitrogens with one attached hydrogen (secondary N) is 1. The molecule has 0 aliphatic carbocycles. The molecule has 0 saturated heterocycles. The summed E-state index contributed by atoms with van der Waals surface area (Å²) in [5.74, 6) is -0.819. The summed E-state index contributed by atoms with van der Waals surface area (Å²) in [7, 11) is 0. The molecular weight excluding hydrogens is 248 g/mol. The summed E-state index contributed by atoms with van der Waals surface area (Å²) in [5, 5.41) is 22.6. The van der Waals surface area contributed by atoms with E-state index in [1.54, 1.807) is 13.0 Å². The van der Waals surface area contributed by atoms with Gasteiger partial charge in [-0.25, -0.2) is 0 Å². The van der Waals surface area contributed by atoms with E-state index in [2.05, 4.69) is 5.32 Å². The second-order valence-electron chi connectivity index (χ2n) is 4.53. The van der Waals surface area contributed by atoms with Crippen LogP contribution in [0.15, 0.2) is 18.2 Å². The molecule has 1 atom stereocenters. The lowest BCUT2D eigenvalue weighted by atomic mass is 10.1. The first-order valence-electron chi connectivity index (χ1n) is 6.10. The molecular formula is C13H18N2O4. The van der Waals surface area contributed by atoms with Gasteiger partial charge < -0.3 is 10.4 Å². The maximum atomic E-state index is 10.8. The van der Waals surface area contributed by atoms with Crippen molar-refractivity contribution in [3.8, 4) is 0 Å². The Labute approximate surface area is 111 Å². The molecule has 1 aromatic rings. The lowest BCUT2D eigenvalue weighted by Gasteiger charge is -2.14. The predicted molar refractivity (Wildman–Crippen MR) is 71.0 cm³/mol. The summed E-state index contributed by atoms with van der Waals surface area (Å²) in [6.45, 7) is 4.11. The van der Waals surface area contributed by atoms with Crippen LogP contribution in [-0.2, 0) is 11.3 Å². The van der Waals surface area contributed by atoms with Crippen LogP contribution in [0.5, 0.6) is 0 Å². The standard InChI is InChI=1S/C13H18N2O4/c1-9(6-7-13(16)17)14-8-11-4-3-5-12(10(11)2)15(18)19/h3-5,9,14H,6-8H2,1-2H3,(H,16,17). The van der Waals surface area contributed by atoms with Gasteiger partial charge in [-0.3, -0.25) is 14.9 Å². The van der Waals surface area contributed by atoms with E-state index in [4.69, 9.17) is 5.11 Å². The van der Waals surface area contributed by atoms with Crippen molar-refractivity contribution >= 4 is 11.7 Å². The molecule has 0 aliphatic rings. The molecule has 2 N–H and O–H groups in total. The molecule has 0 radical (unpaired) electrons. The first-order chi connectivity index (χ1) is 8.91. The van der Waals surface area contributed by atoms with Crippen LogP contribution in [0, 0.1) is 17.0 Å². The van der Waals surface area contributed by atoms with Crippen molar-refractivity contribution in [3.63, 3.8) is 0 Å². The molecule has 1 unspecified atom stereocenters. The number of hydrogen-bond acceptors (Lipinski definition) is 4. The molecule has 0 fully saturated rings. The topological polar surface area (TPSA) is 92.5 Å². The highest BCUT2D eigenvalue weighted by atomic mass is 16.6. The van der Waals surface area contributed by atoms with E-state index in [1.807, 2.05) is 13.0 Å². The van der Waals surface area contributed by atoms with Crippen LogP contribution in [0.4, 0.5) is 5.69 Å². The number of rotatable bonds is 7. The molecule has 0 saturated carbocycles. The number of nitro benzene ring substituents is 1. The minimum atomic E-state index is -0.819. The molecule has 19 heavy (non-hydrogen) atoms. The lowest BCUT2D eigenvalue weighted by molar-refractivity contribution is -0.385. The van der Waals surface area contributed by atoms with E-state index < -0.39 is 10.9 Å². The number of hydrogen-bond donors (Lipinski definition) is 2. The summed E-state index contributed by atoms with van der Waals surface area (Å²) < 4.78 is 0. The average Bonchev–Trinajstić information content (AvgIpc) is 2.34. The van der Waals surface area contributed by atoms with Gasteiger partial charge in [0.1, 0.15) is 0 Å². The number of nitrogens with zero attached hydrogens (tertiary/aromatic N) is 1. The molecule has 104 valence electrons. The lowest BCUT2D eigenvalue weighted by Crippen LogP contribution is -2.26. The fourth-order valence-electron chi connectivity index (χ4n) is 1.79. The van der Waals surface area contributed by atoms with Crippen molar-refractivity contribution in [3.05, 3.63) is 39.4 Å². The van der Waals surface area contributed by atoms with Gasteiger partial charge in [-0.2, -0.15) is 0 Å². The number of nitro groups is 1. The van der Waals surface area contributed by atoms with E-state index in [9.17, 15) is 14.9 Å². The number of carbonyl (C=O) groups is 1. The van der Waals surface area contributed by atoms with Crippen molar-refractivity contribution < 1.29 is 14.8 Å². The van der Waals surface area contributed by atoms with Gasteiger partial charge in [-0.1, -0.05) is 12.1 Å². The highest BCUT2D eigenvalue weighted by molar-refractivity contribution is 5.66. The zero-order chi connectivity index (χ0) is 14.4. The first-order valence-corrected chi connectivity index (χ1v) is 6.10. The number of carboxylic acids is 1. The predicted octanol–water partition coefficient (Wildman–Crippen LogP) is 2.25. The normalized spacial score (nSPS) is 12.1. The van der Waals surface area contributed by atoms with Crippen molar-refractivity contribution in [2.24, 2.45) is 0 Å². The summed E-state index contributed by atoms with van der Waals surface area (Å²) in [6.07, 6.45) is 0.644. The monoisotopic (exact) mass is 266 g/mol. The number of benzene rings is 1. The molecule has 0 bridgehead atoms. The summed E-state index contributed by atoms with van der Waals surface area (Å²) in [5.41, 5.74) is 1.61. The molecule has 0 aromatic heterocycles. The van der Waals surface area contributed by atoms with Crippen molar-refractivity contribution in [1.29, 1.82) is 0 Å². The molecule has 0 heterocycles. The Morgan fingerprint density at radius 3 is 2.79 bits per heavy atom. The Kier molecular flexibility index (Phi) is 5.44. The number of aliphatic carboxylic acids is 1. The fourth-order valence-corrected chi connectivity index (χ4v) is 1.79. The van der Waals surface area contributed by atoms with Gasteiger partial charge in [0.05, 0.1) is 4.92 Å². The van der Waals surface area contributed by atoms with Crippen LogP contribution in [0.3, 0.4) is 0 Å². The van der Waals surface area contributed by atoms with E-state index in [1.165, 1.54) is 6.07 Å². The second kappa shape index (κ2) is 6.84. The summed E-state index contributed by atoms with van der Waals surface area (Å²) >= 11 is 0. The minimum Gasteiger partial charge on any atom is -0.481 e. The van der Waals surface area contributed by atoms with Crippen LogP contribution < -0.4 is 5.32 Å². The Morgan fingerprint density at radius 2 is 2.21 bits per heavy atom. The van der Waals surface area contributed by atoms with E-state index >= 15 is 0 Å². The summed E-state index contributed by atoms with van der Waals surface area (Å²) in [4.78, 5) is 20.9.